The Bertz CT molecular complexity index is 1170. The second-order valence-electron chi connectivity index (χ2n) is 7.64. The lowest BCUT2D eigenvalue weighted by Gasteiger charge is -2.26. The predicted octanol–water partition coefficient (Wildman–Crippen LogP) is 4.19. The SMILES string of the molecule is CCOC(=O)[C@](C[N+](=O)[O-])(O/N=C/c1ccc(OC)cc1)c1cccc(-n2c(C)ccc2C)c1. The van der Waals surface area contributed by atoms with Gasteiger partial charge in [-0.2, -0.15) is 0 Å². The molecule has 0 saturated heterocycles. The second kappa shape index (κ2) is 10.7. The zero-order valence-corrected chi connectivity index (χ0v) is 19.6. The number of hydrogen-bond donors (Lipinski definition) is 0. The largest absolute Gasteiger partial charge is 0.497 e. The number of rotatable bonds is 10. The Labute approximate surface area is 197 Å². The van der Waals surface area contributed by atoms with Crippen LogP contribution in [0.15, 0.2) is 65.8 Å². The summed E-state index contributed by atoms with van der Waals surface area (Å²) in [5.74, 6) is -0.226. The van der Waals surface area contributed by atoms with Gasteiger partial charge in [0, 0.05) is 27.6 Å². The van der Waals surface area contributed by atoms with Crippen molar-refractivity contribution in [1.29, 1.82) is 0 Å². The first-order valence-corrected chi connectivity index (χ1v) is 10.7. The molecule has 0 N–H and O–H groups in total. The first-order valence-electron chi connectivity index (χ1n) is 10.7. The van der Waals surface area contributed by atoms with Gasteiger partial charge < -0.3 is 18.9 Å². The quantitative estimate of drug-likeness (QED) is 0.192. The number of oxime groups is 1. The van der Waals surface area contributed by atoms with Crippen molar-refractivity contribution < 1.29 is 24.0 Å². The van der Waals surface area contributed by atoms with E-state index in [1.54, 1.807) is 56.5 Å². The molecule has 1 aromatic heterocycles. The highest BCUT2D eigenvalue weighted by Gasteiger charge is 2.51. The monoisotopic (exact) mass is 465 g/mol. The van der Waals surface area contributed by atoms with Gasteiger partial charge in [0.1, 0.15) is 5.75 Å². The van der Waals surface area contributed by atoms with Crippen molar-refractivity contribution >= 4 is 12.2 Å². The van der Waals surface area contributed by atoms with Gasteiger partial charge in [0.2, 0.25) is 0 Å². The van der Waals surface area contributed by atoms with E-state index in [1.165, 1.54) is 6.21 Å². The summed E-state index contributed by atoms with van der Waals surface area (Å²) in [6, 6.07) is 17.7. The molecule has 0 aliphatic heterocycles. The van der Waals surface area contributed by atoms with Gasteiger partial charge in [-0.25, -0.2) is 4.79 Å². The van der Waals surface area contributed by atoms with Crippen molar-refractivity contribution in [2.24, 2.45) is 5.16 Å². The molecule has 1 atom stereocenters. The van der Waals surface area contributed by atoms with Crippen LogP contribution in [0.5, 0.6) is 5.75 Å². The predicted molar refractivity (Wildman–Crippen MR) is 127 cm³/mol. The van der Waals surface area contributed by atoms with Crippen LogP contribution in [0.2, 0.25) is 0 Å². The van der Waals surface area contributed by atoms with Crippen LogP contribution < -0.4 is 4.74 Å². The van der Waals surface area contributed by atoms with Crippen molar-refractivity contribution in [3.05, 3.63) is 93.3 Å². The van der Waals surface area contributed by atoms with Crippen molar-refractivity contribution in [1.82, 2.24) is 4.57 Å². The zero-order valence-electron chi connectivity index (χ0n) is 19.6. The number of methoxy groups -OCH3 is 1. The maximum Gasteiger partial charge on any atom is 0.365 e. The van der Waals surface area contributed by atoms with Crippen LogP contribution in [0, 0.1) is 24.0 Å². The van der Waals surface area contributed by atoms with E-state index in [0.29, 0.717) is 11.3 Å². The highest BCUT2D eigenvalue weighted by atomic mass is 16.7. The molecule has 34 heavy (non-hydrogen) atoms. The lowest BCUT2D eigenvalue weighted by Crippen LogP contribution is -2.45. The fraction of sp³-hybridized carbons (Fsp3) is 0.280. The van der Waals surface area contributed by atoms with E-state index in [4.69, 9.17) is 14.3 Å². The topological polar surface area (TPSA) is 105 Å². The number of esters is 1. The highest BCUT2D eigenvalue weighted by molar-refractivity contribution is 5.83. The number of hydrogen-bond acceptors (Lipinski definition) is 7. The van der Waals surface area contributed by atoms with Crippen LogP contribution in [0.1, 0.15) is 29.4 Å². The van der Waals surface area contributed by atoms with E-state index in [1.807, 2.05) is 36.6 Å². The van der Waals surface area contributed by atoms with Gasteiger partial charge in [0.05, 0.1) is 19.9 Å². The molecule has 0 radical (unpaired) electrons. The molecule has 0 spiro atoms. The molecule has 3 rings (SSSR count). The van der Waals surface area contributed by atoms with E-state index in [2.05, 4.69) is 5.16 Å². The minimum Gasteiger partial charge on any atom is -0.497 e. The van der Waals surface area contributed by atoms with Crippen LogP contribution in [-0.2, 0) is 20.0 Å². The van der Waals surface area contributed by atoms with Gasteiger partial charge in [-0.05, 0) is 74.9 Å². The zero-order chi connectivity index (χ0) is 24.7. The normalized spacial score (nSPS) is 12.8. The maximum absolute atomic E-state index is 13.1. The summed E-state index contributed by atoms with van der Waals surface area (Å²) < 4.78 is 12.3. The van der Waals surface area contributed by atoms with E-state index in [0.717, 1.165) is 17.1 Å². The van der Waals surface area contributed by atoms with E-state index in [9.17, 15) is 14.9 Å². The molecule has 0 fully saturated rings. The minimum atomic E-state index is -2.08. The number of aryl methyl sites for hydroxylation is 2. The molecule has 9 heteroatoms. The van der Waals surface area contributed by atoms with Crippen LogP contribution in [0.25, 0.3) is 5.69 Å². The number of carbonyl (C=O) groups is 1. The average Bonchev–Trinajstić information content (AvgIpc) is 3.16. The van der Waals surface area contributed by atoms with E-state index in [-0.39, 0.29) is 12.2 Å². The Hall–Kier alpha value is -4.14. The lowest BCUT2D eigenvalue weighted by molar-refractivity contribution is -0.501. The summed E-state index contributed by atoms with van der Waals surface area (Å²) in [5.41, 5.74) is 1.53. The average molecular weight is 466 g/mol. The van der Waals surface area contributed by atoms with Crippen LogP contribution >= 0.6 is 0 Å². The van der Waals surface area contributed by atoms with Gasteiger partial charge in [-0.1, -0.05) is 17.3 Å². The molecule has 178 valence electrons. The fourth-order valence-corrected chi connectivity index (χ4v) is 3.66. The summed E-state index contributed by atoms with van der Waals surface area (Å²) in [4.78, 5) is 29.8. The molecule has 0 aliphatic carbocycles. The Kier molecular flexibility index (Phi) is 7.68. The summed E-state index contributed by atoms with van der Waals surface area (Å²) in [6.07, 6.45) is 1.37. The van der Waals surface area contributed by atoms with Crippen molar-refractivity contribution in [3.8, 4) is 11.4 Å². The van der Waals surface area contributed by atoms with E-state index < -0.39 is 23.0 Å². The van der Waals surface area contributed by atoms with Crippen molar-refractivity contribution in [2.45, 2.75) is 26.4 Å². The highest BCUT2D eigenvalue weighted by Crippen LogP contribution is 2.31. The number of nitrogens with zero attached hydrogens (tertiary/aromatic N) is 3. The third kappa shape index (κ3) is 5.25. The Morgan fingerprint density at radius 2 is 1.79 bits per heavy atom. The molecule has 0 unspecified atom stereocenters. The van der Waals surface area contributed by atoms with Crippen LogP contribution in [-0.4, -0.2) is 41.9 Å². The fourth-order valence-electron chi connectivity index (χ4n) is 3.66. The second-order valence-corrected chi connectivity index (χ2v) is 7.64. The molecule has 9 nitrogen and oxygen atoms in total. The molecule has 0 aliphatic rings. The molecule has 2 aromatic carbocycles. The van der Waals surface area contributed by atoms with Gasteiger partial charge in [0.25, 0.3) is 6.54 Å². The number of ether oxygens (including phenoxy) is 2. The molecule has 0 bridgehead atoms. The van der Waals surface area contributed by atoms with Gasteiger partial charge in [-0.15, -0.1) is 0 Å². The number of benzene rings is 2. The van der Waals surface area contributed by atoms with Crippen LogP contribution in [0.3, 0.4) is 0 Å². The van der Waals surface area contributed by atoms with E-state index >= 15 is 0 Å². The standard InChI is InChI=1S/C25H27N3O6/c1-5-33-24(29)25(17-27(30)31,34-26-16-20-11-13-23(32-4)14-12-20)21-7-6-8-22(15-21)28-18(2)9-10-19(28)3/h6-16H,5,17H2,1-4H3/b26-16+/t25-/m1/s1. The molecule has 0 saturated carbocycles. The van der Waals surface area contributed by atoms with Gasteiger partial charge in [0.15, 0.2) is 0 Å². The number of nitro groups is 1. The summed E-state index contributed by atoms with van der Waals surface area (Å²) in [7, 11) is 1.56. The molecular weight excluding hydrogens is 438 g/mol. The van der Waals surface area contributed by atoms with Crippen LogP contribution in [0.4, 0.5) is 0 Å². The molecule has 1 heterocycles. The third-order valence-corrected chi connectivity index (χ3v) is 5.32. The number of carbonyl (C=O) groups excluding carboxylic acids is 1. The van der Waals surface area contributed by atoms with Gasteiger partial charge >= 0.3 is 11.6 Å². The Morgan fingerprint density at radius 1 is 1.12 bits per heavy atom. The first-order chi connectivity index (χ1) is 16.3. The van der Waals surface area contributed by atoms with Crippen molar-refractivity contribution in [3.63, 3.8) is 0 Å². The minimum absolute atomic E-state index is 0.0271. The lowest BCUT2D eigenvalue weighted by atomic mass is 9.93. The molecule has 0 amide bonds. The first kappa shape index (κ1) is 24.5. The molecular formula is C25H27N3O6. The van der Waals surface area contributed by atoms with Gasteiger partial charge in [-0.3, -0.25) is 10.1 Å². The Morgan fingerprint density at radius 3 is 2.38 bits per heavy atom. The molecule has 3 aromatic rings. The Balaban J connectivity index is 2.07. The smallest absolute Gasteiger partial charge is 0.365 e. The summed E-state index contributed by atoms with van der Waals surface area (Å²) in [6.45, 7) is 4.69. The number of aromatic nitrogens is 1. The summed E-state index contributed by atoms with van der Waals surface area (Å²) in [5, 5.41) is 15.6. The van der Waals surface area contributed by atoms with Crippen molar-refractivity contribution in [2.75, 3.05) is 20.3 Å². The third-order valence-electron chi connectivity index (χ3n) is 5.32. The summed E-state index contributed by atoms with van der Waals surface area (Å²) >= 11 is 0. The maximum atomic E-state index is 13.1.